The summed E-state index contributed by atoms with van der Waals surface area (Å²) < 4.78 is 16.7. The van der Waals surface area contributed by atoms with E-state index < -0.39 is 16.4 Å². The third-order valence-electron chi connectivity index (χ3n) is 1.84. The Balaban J connectivity index is 4.51. The van der Waals surface area contributed by atoms with Gasteiger partial charge < -0.3 is 9.29 Å². The second kappa shape index (κ2) is 6.30. The van der Waals surface area contributed by atoms with Gasteiger partial charge in [-0.05, 0) is 31.9 Å². The minimum absolute atomic E-state index is 0.00759. The first-order chi connectivity index (χ1) is 6.41. The van der Waals surface area contributed by atoms with Gasteiger partial charge in [0.1, 0.15) is 5.25 Å². The minimum atomic E-state index is -1.15. The monoisotopic (exact) mass is 220 g/mol. The van der Waals surface area contributed by atoms with Crippen molar-refractivity contribution < 1.29 is 14.1 Å². The molecule has 0 radical (unpaired) electrons. The highest BCUT2D eigenvalue weighted by atomic mass is 32.2. The van der Waals surface area contributed by atoms with Crippen molar-refractivity contribution in [1.29, 1.82) is 0 Å². The van der Waals surface area contributed by atoms with E-state index in [4.69, 9.17) is 4.74 Å². The fraction of sp³-hybridized carbons (Fsp3) is 0.900. The number of carbonyl (C=O) groups excluding carboxylic acids is 1. The van der Waals surface area contributed by atoms with E-state index in [1.54, 1.807) is 6.92 Å². The number of hydrogen-bond donors (Lipinski definition) is 0. The van der Waals surface area contributed by atoms with Gasteiger partial charge in [0.15, 0.2) is 0 Å². The topological polar surface area (TPSA) is 49.4 Å². The lowest BCUT2D eigenvalue weighted by molar-refractivity contribution is -0.143. The van der Waals surface area contributed by atoms with Crippen LogP contribution in [0, 0.1) is 5.92 Å². The van der Waals surface area contributed by atoms with E-state index in [0.29, 0.717) is 6.61 Å². The standard InChI is InChI=1S/C10H20O3S/c1-6-13-10(11)9(7(2)3)14(12)8(4)5/h7-9H,6H2,1-5H3. The molecule has 0 spiro atoms. The Morgan fingerprint density at radius 2 is 1.86 bits per heavy atom. The van der Waals surface area contributed by atoms with E-state index in [9.17, 15) is 9.35 Å². The van der Waals surface area contributed by atoms with Crippen LogP contribution in [-0.4, -0.2) is 27.6 Å². The lowest BCUT2D eigenvalue weighted by Crippen LogP contribution is -2.40. The highest BCUT2D eigenvalue weighted by Crippen LogP contribution is 2.18. The van der Waals surface area contributed by atoms with E-state index >= 15 is 0 Å². The summed E-state index contributed by atoms with van der Waals surface area (Å²) >= 11 is -1.15. The third kappa shape index (κ3) is 3.88. The second-order valence-corrected chi connectivity index (χ2v) is 5.90. The van der Waals surface area contributed by atoms with Crippen molar-refractivity contribution in [3.05, 3.63) is 0 Å². The number of ether oxygens (including phenoxy) is 1. The minimum Gasteiger partial charge on any atom is -0.615 e. The Morgan fingerprint density at radius 3 is 2.14 bits per heavy atom. The van der Waals surface area contributed by atoms with Crippen LogP contribution in [0.5, 0.6) is 0 Å². The normalized spacial score (nSPS) is 15.7. The van der Waals surface area contributed by atoms with Gasteiger partial charge in [0, 0.05) is 5.92 Å². The van der Waals surface area contributed by atoms with Crippen molar-refractivity contribution in [3.63, 3.8) is 0 Å². The van der Waals surface area contributed by atoms with Crippen LogP contribution in [-0.2, 0) is 20.7 Å². The van der Waals surface area contributed by atoms with Crippen LogP contribution in [0.4, 0.5) is 0 Å². The lowest BCUT2D eigenvalue weighted by atomic mass is 10.1. The summed E-state index contributed by atoms with van der Waals surface area (Å²) in [7, 11) is 0. The molecule has 0 aromatic rings. The van der Waals surface area contributed by atoms with E-state index in [1.807, 2.05) is 27.7 Å². The SMILES string of the molecule is CCOC(=O)C(C(C)C)[S+]([O-])C(C)C. The van der Waals surface area contributed by atoms with Gasteiger partial charge in [-0.1, -0.05) is 13.8 Å². The Labute approximate surface area is 89.4 Å². The lowest BCUT2D eigenvalue weighted by Gasteiger charge is -2.25. The summed E-state index contributed by atoms with van der Waals surface area (Å²) in [6.07, 6.45) is 0. The van der Waals surface area contributed by atoms with Gasteiger partial charge in [0.25, 0.3) is 0 Å². The van der Waals surface area contributed by atoms with Crippen molar-refractivity contribution in [1.82, 2.24) is 0 Å². The number of esters is 1. The van der Waals surface area contributed by atoms with Crippen molar-refractivity contribution in [2.24, 2.45) is 5.92 Å². The Kier molecular flexibility index (Phi) is 6.20. The molecule has 0 saturated carbocycles. The molecule has 0 rings (SSSR count). The molecule has 0 amide bonds. The molecule has 0 aromatic carbocycles. The largest absolute Gasteiger partial charge is 0.615 e. The van der Waals surface area contributed by atoms with Crippen molar-refractivity contribution in [2.45, 2.75) is 45.1 Å². The summed E-state index contributed by atoms with van der Waals surface area (Å²) in [6.45, 7) is 9.59. The molecule has 0 aromatic heterocycles. The van der Waals surface area contributed by atoms with Crippen LogP contribution in [0.1, 0.15) is 34.6 Å². The molecule has 0 fully saturated rings. The Bertz CT molecular complexity index is 180. The van der Waals surface area contributed by atoms with Crippen molar-refractivity contribution in [3.8, 4) is 0 Å². The highest BCUT2D eigenvalue weighted by molar-refractivity contribution is 7.93. The van der Waals surface area contributed by atoms with Crippen molar-refractivity contribution >= 4 is 17.1 Å². The zero-order valence-electron chi connectivity index (χ0n) is 9.57. The van der Waals surface area contributed by atoms with Gasteiger partial charge in [-0.3, -0.25) is 0 Å². The zero-order chi connectivity index (χ0) is 11.3. The molecular weight excluding hydrogens is 200 g/mol. The first-order valence-corrected chi connectivity index (χ1v) is 6.25. The molecule has 0 aliphatic carbocycles. The van der Waals surface area contributed by atoms with Crippen LogP contribution in [0.25, 0.3) is 0 Å². The predicted octanol–water partition coefficient (Wildman–Crippen LogP) is 1.73. The van der Waals surface area contributed by atoms with Gasteiger partial charge in [0.05, 0.1) is 6.61 Å². The summed E-state index contributed by atoms with van der Waals surface area (Å²) in [6, 6.07) is 0. The molecule has 3 nitrogen and oxygen atoms in total. The first-order valence-electron chi connectivity index (χ1n) is 4.97. The summed E-state index contributed by atoms with van der Waals surface area (Å²) in [5.41, 5.74) is 0. The van der Waals surface area contributed by atoms with E-state index in [2.05, 4.69) is 0 Å². The second-order valence-electron chi connectivity index (χ2n) is 3.79. The molecule has 84 valence electrons. The van der Waals surface area contributed by atoms with Crippen LogP contribution in [0.2, 0.25) is 0 Å². The average Bonchev–Trinajstić information content (AvgIpc) is 2.03. The van der Waals surface area contributed by atoms with Crippen LogP contribution >= 0.6 is 0 Å². The van der Waals surface area contributed by atoms with Gasteiger partial charge in [-0.2, -0.15) is 0 Å². The molecule has 0 saturated heterocycles. The van der Waals surface area contributed by atoms with Crippen LogP contribution in [0.3, 0.4) is 0 Å². The molecule has 0 bridgehead atoms. The fourth-order valence-electron chi connectivity index (χ4n) is 1.15. The van der Waals surface area contributed by atoms with Gasteiger partial charge in [0.2, 0.25) is 5.25 Å². The van der Waals surface area contributed by atoms with Crippen LogP contribution in [0.15, 0.2) is 0 Å². The Hall–Kier alpha value is -0.220. The summed E-state index contributed by atoms with van der Waals surface area (Å²) in [5, 5.41) is -0.498. The van der Waals surface area contributed by atoms with E-state index in [0.717, 1.165) is 0 Å². The molecular formula is C10H20O3S. The molecule has 2 atom stereocenters. The smallest absolute Gasteiger partial charge is 0.359 e. The summed E-state index contributed by atoms with van der Waals surface area (Å²) in [5.74, 6) is -0.285. The van der Waals surface area contributed by atoms with Gasteiger partial charge in [-0.15, -0.1) is 0 Å². The van der Waals surface area contributed by atoms with Gasteiger partial charge in [-0.25, -0.2) is 4.79 Å². The average molecular weight is 220 g/mol. The first kappa shape index (κ1) is 13.8. The number of hydrogen-bond acceptors (Lipinski definition) is 3. The highest BCUT2D eigenvalue weighted by Gasteiger charge is 2.36. The number of carbonyl (C=O) groups is 1. The van der Waals surface area contributed by atoms with Crippen LogP contribution < -0.4 is 0 Å². The molecule has 0 aliphatic heterocycles. The summed E-state index contributed by atoms with van der Waals surface area (Å²) in [4.78, 5) is 11.5. The molecule has 4 heteroatoms. The fourth-order valence-corrected chi connectivity index (χ4v) is 2.53. The molecule has 0 aliphatic rings. The predicted molar refractivity (Wildman–Crippen MR) is 58.5 cm³/mol. The van der Waals surface area contributed by atoms with Gasteiger partial charge >= 0.3 is 5.97 Å². The Morgan fingerprint density at radius 1 is 1.36 bits per heavy atom. The maximum atomic E-state index is 11.8. The maximum absolute atomic E-state index is 11.8. The van der Waals surface area contributed by atoms with E-state index in [1.165, 1.54) is 0 Å². The quantitative estimate of drug-likeness (QED) is 0.523. The number of rotatable bonds is 5. The maximum Gasteiger partial charge on any atom is 0.359 e. The zero-order valence-corrected chi connectivity index (χ0v) is 10.4. The molecule has 0 heterocycles. The van der Waals surface area contributed by atoms with Crippen molar-refractivity contribution in [2.75, 3.05) is 6.61 Å². The molecule has 14 heavy (non-hydrogen) atoms. The third-order valence-corrected chi connectivity index (χ3v) is 4.01. The van der Waals surface area contributed by atoms with E-state index in [-0.39, 0.29) is 17.1 Å². The molecule has 2 unspecified atom stereocenters. The molecule has 0 N–H and O–H groups in total.